The predicted octanol–water partition coefficient (Wildman–Crippen LogP) is 3.22. The van der Waals surface area contributed by atoms with Crippen LogP contribution in [0.2, 0.25) is 0 Å². The van der Waals surface area contributed by atoms with Gasteiger partial charge in [0.2, 0.25) is 0 Å². The molecule has 1 N–H and O–H groups in total. The van der Waals surface area contributed by atoms with Crippen molar-refractivity contribution < 1.29 is 4.79 Å². The average molecular weight is 302 g/mol. The van der Waals surface area contributed by atoms with Gasteiger partial charge in [-0.3, -0.25) is 4.79 Å². The number of hydrogen-bond acceptors (Lipinski definition) is 3. The highest BCUT2D eigenvalue weighted by Crippen LogP contribution is 2.22. The summed E-state index contributed by atoms with van der Waals surface area (Å²) in [5.74, 6) is 1.07. The van der Waals surface area contributed by atoms with Crippen LogP contribution in [-0.2, 0) is 0 Å². The zero-order chi connectivity index (χ0) is 15.8. The predicted molar refractivity (Wildman–Crippen MR) is 92.3 cm³/mol. The van der Waals surface area contributed by atoms with Crippen molar-refractivity contribution in [3.05, 3.63) is 35.9 Å². The van der Waals surface area contributed by atoms with E-state index in [1.165, 1.54) is 0 Å². The number of ketones is 1. The van der Waals surface area contributed by atoms with Crippen LogP contribution in [0, 0.1) is 11.8 Å². The molecule has 0 radical (unpaired) electrons. The van der Waals surface area contributed by atoms with Gasteiger partial charge in [0.05, 0.1) is 0 Å². The van der Waals surface area contributed by atoms with Gasteiger partial charge in [0.15, 0.2) is 5.78 Å². The highest BCUT2D eigenvalue weighted by Gasteiger charge is 2.21. The molecule has 1 saturated heterocycles. The van der Waals surface area contributed by atoms with Crippen LogP contribution in [0.1, 0.15) is 43.5 Å². The van der Waals surface area contributed by atoms with Gasteiger partial charge in [-0.1, -0.05) is 44.2 Å². The first-order valence-corrected chi connectivity index (χ1v) is 8.69. The second-order valence-corrected chi connectivity index (χ2v) is 6.79. The van der Waals surface area contributed by atoms with Crippen LogP contribution in [0.25, 0.3) is 0 Å². The van der Waals surface area contributed by atoms with Gasteiger partial charge >= 0.3 is 0 Å². The van der Waals surface area contributed by atoms with Gasteiger partial charge in [0.1, 0.15) is 0 Å². The van der Waals surface area contributed by atoms with Crippen LogP contribution in [0.15, 0.2) is 30.3 Å². The number of benzene rings is 1. The lowest BCUT2D eigenvalue weighted by atomic mass is 9.86. The molecule has 0 spiro atoms. The molecule has 0 amide bonds. The summed E-state index contributed by atoms with van der Waals surface area (Å²) in [6.45, 7) is 10.0. The minimum Gasteiger partial charge on any atom is -0.314 e. The Morgan fingerprint density at radius 3 is 2.50 bits per heavy atom. The third-order valence-electron chi connectivity index (χ3n) is 4.42. The van der Waals surface area contributed by atoms with Crippen molar-refractivity contribution in [2.24, 2.45) is 11.8 Å². The standard InChI is InChI=1S/C19H30N2O/c1-16(2)15-18(19(22)17-7-4-3-5-8-17)9-6-12-21-13-10-20-11-14-21/h3-5,7-8,16,18,20H,6,9-15H2,1-2H3. The van der Waals surface area contributed by atoms with E-state index >= 15 is 0 Å². The van der Waals surface area contributed by atoms with Crippen molar-refractivity contribution in [1.29, 1.82) is 0 Å². The Bertz CT molecular complexity index is 438. The highest BCUT2D eigenvalue weighted by molar-refractivity contribution is 5.97. The normalized spacial score (nSPS) is 17.6. The Kier molecular flexibility index (Phi) is 7.07. The Morgan fingerprint density at radius 2 is 1.86 bits per heavy atom. The fourth-order valence-corrected chi connectivity index (χ4v) is 3.26. The number of nitrogens with one attached hydrogen (secondary N) is 1. The van der Waals surface area contributed by atoms with Gasteiger partial charge < -0.3 is 10.2 Å². The quantitative estimate of drug-likeness (QED) is 0.748. The molecule has 1 aromatic carbocycles. The molecule has 0 aromatic heterocycles. The fraction of sp³-hybridized carbons (Fsp3) is 0.632. The highest BCUT2D eigenvalue weighted by atomic mass is 16.1. The zero-order valence-corrected chi connectivity index (χ0v) is 14.1. The summed E-state index contributed by atoms with van der Waals surface area (Å²) in [6, 6.07) is 9.79. The van der Waals surface area contributed by atoms with Gasteiger partial charge in [-0.15, -0.1) is 0 Å². The maximum atomic E-state index is 12.7. The van der Waals surface area contributed by atoms with Crippen molar-refractivity contribution >= 4 is 5.78 Å². The van der Waals surface area contributed by atoms with E-state index in [4.69, 9.17) is 0 Å². The van der Waals surface area contributed by atoms with E-state index in [9.17, 15) is 4.79 Å². The number of hydrogen-bond donors (Lipinski definition) is 1. The second-order valence-electron chi connectivity index (χ2n) is 6.79. The number of piperazine rings is 1. The summed E-state index contributed by atoms with van der Waals surface area (Å²) in [7, 11) is 0. The molecule has 0 bridgehead atoms. The van der Waals surface area contributed by atoms with Crippen molar-refractivity contribution in [3.8, 4) is 0 Å². The molecular formula is C19H30N2O. The van der Waals surface area contributed by atoms with Crippen molar-refractivity contribution in [1.82, 2.24) is 10.2 Å². The monoisotopic (exact) mass is 302 g/mol. The Labute approximate surface area is 135 Å². The summed E-state index contributed by atoms with van der Waals surface area (Å²) in [5.41, 5.74) is 0.871. The molecule has 2 rings (SSSR count). The minimum atomic E-state index is 0.172. The summed E-state index contributed by atoms with van der Waals surface area (Å²) in [5, 5.41) is 3.38. The van der Waals surface area contributed by atoms with Gasteiger partial charge in [-0.25, -0.2) is 0 Å². The molecule has 1 unspecified atom stereocenters. The summed E-state index contributed by atoms with van der Waals surface area (Å²) in [4.78, 5) is 15.2. The van der Waals surface area contributed by atoms with E-state index in [1.54, 1.807) is 0 Å². The van der Waals surface area contributed by atoms with Crippen LogP contribution in [0.3, 0.4) is 0 Å². The lowest BCUT2D eigenvalue weighted by molar-refractivity contribution is 0.0890. The van der Waals surface area contributed by atoms with E-state index in [2.05, 4.69) is 24.1 Å². The minimum absolute atomic E-state index is 0.172. The van der Waals surface area contributed by atoms with Crippen molar-refractivity contribution in [2.75, 3.05) is 32.7 Å². The molecule has 3 heteroatoms. The van der Waals surface area contributed by atoms with E-state index in [0.29, 0.717) is 11.7 Å². The molecule has 0 saturated carbocycles. The lowest BCUT2D eigenvalue weighted by Gasteiger charge is -2.27. The molecule has 1 aliphatic rings. The molecule has 1 atom stereocenters. The first-order chi connectivity index (χ1) is 10.7. The lowest BCUT2D eigenvalue weighted by Crippen LogP contribution is -2.43. The third kappa shape index (κ3) is 5.54. The number of carbonyl (C=O) groups excluding carboxylic acids is 1. The van der Waals surface area contributed by atoms with Crippen LogP contribution in [0.5, 0.6) is 0 Å². The smallest absolute Gasteiger partial charge is 0.165 e. The molecule has 1 aliphatic heterocycles. The molecule has 1 heterocycles. The summed E-state index contributed by atoms with van der Waals surface area (Å²) in [6.07, 6.45) is 3.13. The Morgan fingerprint density at radius 1 is 1.18 bits per heavy atom. The fourth-order valence-electron chi connectivity index (χ4n) is 3.26. The van der Waals surface area contributed by atoms with Gasteiger partial charge in [0, 0.05) is 37.7 Å². The number of Topliss-reactive ketones (excluding diaryl/α,β-unsaturated/α-hetero) is 1. The van der Waals surface area contributed by atoms with E-state index < -0.39 is 0 Å². The number of carbonyl (C=O) groups is 1. The van der Waals surface area contributed by atoms with E-state index in [1.807, 2.05) is 30.3 Å². The van der Waals surface area contributed by atoms with E-state index in [0.717, 1.165) is 57.5 Å². The summed E-state index contributed by atoms with van der Waals surface area (Å²) >= 11 is 0. The zero-order valence-electron chi connectivity index (χ0n) is 14.1. The first kappa shape index (κ1) is 17.2. The molecule has 3 nitrogen and oxygen atoms in total. The van der Waals surface area contributed by atoms with Gasteiger partial charge in [-0.2, -0.15) is 0 Å². The van der Waals surface area contributed by atoms with Crippen LogP contribution >= 0.6 is 0 Å². The SMILES string of the molecule is CC(C)CC(CCCN1CCNCC1)C(=O)c1ccccc1. The maximum Gasteiger partial charge on any atom is 0.165 e. The largest absolute Gasteiger partial charge is 0.314 e. The first-order valence-electron chi connectivity index (χ1n) is 8.69. The van der Waals surface area contributed by atoms with E-state index in [-0.39, 0.29) is 5.92 Å². The van der Waals surface area contributed by atoms with Gasteiger partial charge in [0.25, 0.3) is 0 Å². The van der Waals surface area contributed by atoms with Crippen molar-refractivity contribution in [2.45, 2.75) is 33.1 Å². The third-order valence-corrected chi connectivity index (χ3v) is 4.42. The van der Waals surface area contributed by atoms with Crippen LogP contribution in [-0.4, -0.2) is 43.4 Å². The topological polar surface area (TPSA) is 32.3 Å². The molecule has 0 aliphatic carbocycles. The van der Waals surface area contributed by atoms with Crippen LogP contribution in [0.4, 0.5) is 0 Å². The number of nitrogens with zero attached hydrogens (tertiary/aromatic N) is 1. The molecule has 122 valence electrons. The maximum absolute atomic E-state index is 12.7. The summed E-state index contributed by atoms with van der Waals surface area (Å²) < 4.78 is 0. The Hall–Kier alpha value is -1.19. The molecule has 1 fully saturated rings. The van der Waals surface area contributed by atoms with Gasteiger partial charge in [-0.05, 0) is 31.7 Å². The molecular weight excluding hydrogens is 272 g/mol. The van der Waals surface area contributed by atoms with Crippen molar-refractivity contribution in [3.63, 3.8) is 0 Å². The second kappa shape index (κ2) is 9.06. The molecule has 22 heavy (non-hydrogen) atoms. The molecule has 1 aromatic rings. The Balaban J connectivity index is 1.87. The average Bonchev–Trinajstić information content (AvgIpc) is 2.55. The van der Waals surface area contributed by atoms with Crippen LogP contribution < -0.4 is 5.32 Å². The number of rotatable bonds is 8.